The van der Waals surface area contributed by atoms with Crippen LogP contribution in [0.15, 0.2) is 270 Å². The molecule has 434 valence electrons. The van der Waals surface area contributed by atoms with Crippen molar-refractivity contribution in [2.75, 3.05) is 9.80 Å². The Labute approximate surface area is 560 Å². The largest absolute Gasteiger partial charge is 0.459 e. The van der Waals surface area contributed by atoms with E-state index >= 15 is 0 Å². The second-order valence-corrected chi connectivity index (χ2v) is 27.7. The lowest BCUT2D eigenvalue weighted by molar-refractivity contribution is 0.490. The fraction of sp³-hybridized carbons (Fsp3) is 0.143. The zero-order valence-corrected chi connectivity index (χ0v) is 52.2. The number of benzene rings is 12. The Morgan fingerprint density at radius 2 is 0.800 bits per heavy atom. The van der Waals surface area contributed by atoms with Crippen LogP contribution in [-0.2, 0) is 16.2 Å². The quantitative estimate of drug-likeness (QED) is 0.148. The topological polar surface area (TPSA) is 15.7 Å². The van der Waals surface area contributed by atoms with Crippen LogP contribution in [0.2, 0.25) is 0 Å². The molecule has 0 aromatic heterocycles. The molecule has 4 aliphatic heterocycles. The van der Waals surface area contributed by atoms with Gasteiger partial charge in [0.25, 0.3) is 13.4 Å². The molecule has 12 aromatic rings. The number of para-hydroxylation sites is 1. The number of nitrogens with zero attached hydrogens (tertiary/aromatic N) is 2. The molecule has 3 nitrogen and oxygen atoms in total. The van der Waals surface area contributed by atoms with Gasteiger partial charge >= 0.3 is 0 Å². The van der Waals surface area contributed by atoms with Gasteiger partial charge in [-0.1, -0.05) is 279 Å². The van der Waals surface area contributed by atoms with E-state index in [9.17, 15) is 19.2 Å². The van der Waals surface area contributed by atoms with Gasteiger partial charge in [0.05, 0.1) is 34.7 Å². The van der Waals surface area contributed by atoms with E-state index in [-0.39, 0.29) is 66.0 Å². The summed E-state index contributed by atoms with van der Waals surface area (Å²) in [7, 11) is 0. The lowest BCUT2D eigenvalue weighted by Crippen LogP contribution is -2.65. The molecule has 16 rings (SSSR count). The van der Waals surface area contributed by atoms with Crippen molar-refractivity contribution in [1.29, 1.82) is 0 Å². The number of fused-ring (bicyclic) bond motifs is 9. The molecule has 0 radical (unpaired) electrons. The molecule has 0 saturated heterocycles. The van der Waals surface area contributed by atoms with Gasteiger partial charge < -0.3 is 14.5 Å². The summed E-state index contributed by atoms with van der Waals surface area (Å²) in [6.45, 7) is 16.2. The van der Waals surface area contributed by atoms with Crippen LogP contribution in [0.3, 0.4) is 0 Å². The van der Waals surface area contributed by atoms with Crippen LogP contribution >= 0.6 is 11.8 Å². The lowest BCUT2D eigenvalue weighted by atomic mass is 9.30. The van der Waals surface area contributed by atoms with Gasteiger partial charge in [0, 0.05) is 54.8 Å². The molecule has 0 saturated carbocycles. The summed E-state index contributed by atoms with van der Waals surface area (Å²) in [6, 6.07) is 42.5. The molecule has 0 aliphatic carbocycles. The third-order valence-corrected chi connectivity index (χ3v) is 19.0. The third kappa shape index (κ3) is 9.12. The number of ether oxygens (including phenoxy) is 1. The van der Waals surface area contributed by atoms with Crippen molar-refractivity contribution in [2.24, 2.45) is 0 Å². The summed E-state index contributed by atoms with van der Waals surface area (Å²) in [5, 5.41) is 0. The zero-order chi connectivity index (χ0) is 76.2. The van der Waals surface area contributed by atoms with E-state index in [1.807, 2.05) is 126 Å². The van der Waals surface area contributed by atoms with Crippen molar-refractivity contribution in [2.45, 2.75) is 88.3 Å². The first-order chi connectivity index (χ1) is 50.6. The molecule has 12 aromatic carbocycles. The van der Waals surface area contributed by atoms with E-state index in [0.717, 1.165) is 61.8 Å². The Bertz CT molecular complexity index is 5720. The molecule has 90 heavy (non-hydrogen) atoms. The Kier molecular flexibility index (Phi) is 9.42. The third-order valence-electron chi connectivity index (χ3n) is 18.0. The van der Waals surface area contributed by atoms with Crippen LogP contribution in [0, 0.1) is 0 Å². The average molecular weight is 1190 g/mol. The Balaban J connectivity index is 1.21. The second-order valence-electron chi connectivity index (χ2n) is 26.7. The predicted molar refractivity (Wildman–Crippen MR) is 385 cm³/mol. The number of hydrogen-bond acceptors (Lipinski definition) is 4. The molecule has 6 heteroatoms. The van der Waals surface area contributed by atoms with Crippen LogP contribution in [0.5, 0.6) is 11.5 Å². The molecule has 0 unspecified atom stereocenters. The van der Waals surface area contributed by atoms with Gasteiger partial charge in [0.15, 0.2) is 0 Å². The molecule has 0 bridgehead atoms. The maximum Gasteiger partial charge on any atom is 0.256 e. The van der Waals surface area contributed by atoms with Gasteiger partial charge in [0.1, 0.15) is 11.5 Å². The minimum absolute atomic E-state index is 0.00383. The van der Waals surface area contributed by atoms with E-state index in [0.29, 0.717) is 39.3 Å². The number of anilines is 6. The second kappa shape index (κ2) is 21.1. The molecule has 0 amide bonds. The first-order valence-corrected chi connectivity index (χ1v) is 31.3. The fourth-order valence-electron chi connectivity index (χ4n) is 13.4. The van der Waals surface area contributed by atoms with E-state index in [4.69, 9.17) is 8.85 Å². The Morgan fingerprint density at radius 3 is 1.30 bits per heavy atom. The summed E-state index contributed by atoms with van der Waals surface area (Å²) >= 11 is 0.940. The molecule has 0 fully saturated rings. The van der Waals surface area contributed by atoms with Crippen LogP contribution in [-0.4, -0.2) is 13.4 Å². The lowest BCUT2D eigenvalue weighted by Gasteiger charge is -2.48. The van der Waals surface area contributed by atoms with Crippen molar-refractivity contribution >= 4 is 92.1 Å². The van der Waals surface area contributed by atoms with Gasteiger partial charge in [-0.3, -0.25) is 0 Å². The maximum absolute atomic E-state index is 11.6. The molecular formula is C84H70B2N2OS. The molecule has 0 atom stereocenters. The molecule has 4 heterocycles. The molecule has 0 spiro atoms. The monoisotopic (exact) mass is 1190 g/mol. The van der Waals surface area contributed by atoms with Crippen LogP contribution in [0.25, 0.3) is 55.6 Å². The maximum atomic E-state index is 11.6. The van der Waals surface area contributed by atoms with Gasteiger partial charge in [-0.25, -0.2) is 0 Å². The highest BCUT2D eigenvalue weighted by molar-refractivity contribution is 8.00. The average Bonchev–Trinajstić information content (AvgIpc) is 0.663. The minimum Gasteiger partial charge on any atom is -0.459 e. The van der Waals surface area contributed by atoms with Gasteiger partial charge in [-0.2, -0.15) is 0 Å². The molecular weight excluding hydrogens is 1110 g/mol. The van der Waals surface area contributed by atoms with Crippen LogP contribution in [0.4, 0.5) is 34.1 Å². The van der Waals surface area contributed by atoms with E-state index < -0.39 is 137 Å². The molecule has 4 aliphatic rings. The van der Waals surface area contributed by atoms with E-state index in [1.165, 1.54) is 0 Å². The first-order valence-electron chi connectivity index (χ1n) is 39.0. The van der Waals surface area contributed by atoms with Crippen molar-refractivity contribution in [3.63, 3.8) is 0 Å². The standard InChI is InChI=1S/C84H70B2N2OS/c1-82(2,3)59-46-62(54-31-17-11-18-32-54)79(63(47-59)55-33-19-12-20-34-55)87-69-45-58(53-29-15-10-16-30-53)43-44-66(69)86-76-70(87)50-61(84(7,8)9)51-71(76)88(80-64(56-35-21-13-22-36-56)48-60(83(4,5)6)49-65(80)57-37-23-14-24-38-57)72-52-75-78-81(77(72)86)89-73-41-27-25-39-67(73)85(78)68-40-26-28-42-74(68)90-75/h10-52H,1-9H3/i10D,15D,16D,25D,26D,27D,28D,29D,30D,39D,40D,41D,42D,43D,44D,45D,52D. The minimum atomic E-state index is -1.47. The van der Waals surface area contributed by atoms with Crippen molar-refractivity contribution in [3.8, 4) is 67.1 Å². The van der Waals surface area contributed by atoms with Gasteiger partial charge in [-0.05, 0) is 154 Å². The normalized spacial score (nSPS) is 16.2. The summed E-state index contributed by atoms with van der Waals surface area (Å²) < 4.78 is 175. The summed E-state index contributed by atoms with van der Waals surface area (Å²) in [5.41, 5.74) is 8.70. The highest BCUT2D eigenvalue weighted by Gasteiger charge is 2.51. The summed E-state index contributed by atoms with van der Waals surface area (Å²) in [6.07, 6.45) is 0. The van der Waals surface area contributed by atoms with Crippen molar-refractivity contribution < 1.29 is 28.0 Å². The predicted octanol–water partition coefficient (Wildman–Crippen LogP) is 19.1. The fourth-order valence-corrected chi connectivity index (χ4v) is 14.5. The zero-order valence-electron chi connectivity index (χ0n) is 68.4. The van der Waals surface area contributed by atoms with Crippen LogP contribution in [0.1, 0.15) is 102 Å². The smallest absolute Gasteiger partial charge is 0.256 e. The highest BCUT2D eigenvalue weighted by Crippen LogP contribution is 2.56. The van der Waals surface area contributed by atoms with E-state index in [2.05, 4.69) is 104 Å². The molecule has 0 N–H and O–H groups in total. The van der Waals surface area contributed by atoms with Gasteiger partial charge in [-0.15, -0.1) is 0 Å². The van der Waals surface area contributed by atoms with Crippen molar-refractivity contribution in [3.05, 3.63) is 277 Å². The van der Waals surface area contributed by atoms with Crippen molar-refractivity contribution in [1.82, 2.24) is 0 Å². The summed E-state index contributed by atoms with van der Waals surface area (Å²) in [4.78, 5) is 4.23. The summed E-state index contributed by atoms with van der Waals surface area (Å²) in [5.74, 6) is -0.410. The Hall–Kier alpha value is -9.48. The first kappa shape index (κ1) is 40.2. The Morgan fingerprint density at radius 1 is 0.356 bits per heavy atom. The number of hydrogen-bond donors (Lipinski definition) is 0. The SMILES string of the molecule is [2H]c1c([2H])c([2H])c(-c2c([2H])c([2H])c3c(c2[2H])N(c2c(-c4ccccc4)cc(C(C)(C)C)cc2-c2ccccc2)c2cc(C(C)(C)C)cc4c2B3c2c3c5c(c([2H])c2N4c2c(-c4ccccc4)cc(C(C)(C)C)cc2-c2ccccc2)Sc2c([2H])c([2H])c([2H])c([2H])c2B5c2c([2H])c([2H])c([2H])c([2H])c2O3)c([2H])c1[2H]. The van der Waals surface area contributed by atoms with Crippen LogP contribution < -0.4 is 47.3 Å². The number of rotatable bonds is 7. The highest BCUT2D eigenvalue weighted by atomic mass is 32.2. The van der Waals surface area contributed by atoms with E-state index in [1.54, 1.807) is 0 Å². The van der Waals surface area contributed by atoms with Gasteiger partial charge in [0.2, 0.25) is 0 Å².